The van der Waals surface area contributed by atoms with Crippen LogP contribution in [0.1, 0.15) is 11.1 Å². The molecule has 3 aromatic carbocycles. The Labute approximate surface area is 190 Å². The van der Waals surface area contributed by atoms with Crippen LogP contribution in [0, 0.1) is 5.82 Å². The van der Waals surface area contributed by atoms with Crippen molar-refractivity contribution in [2.75, 3.05) is 19.0 Å². The largest absolute Gasteiger partial charge is 0.497 e. The van der Waals surface area contributed by atoms with Crippen LogP contribution in [0.15, 0.2) is 78.5 Å². The van der Waals surface area contributed by atoms with Crippen LogP contribution in [-0.4, -0.2) is 30.4 Å². The van der Waals surface area contributed by atoms with E-state index in [0.29, 0.717) is 28.4 Å². The van der Waals surface area contributed by atoms with E-state index in [1.54, 1.807) is 43.5 Å². The summed E-state index contributed by atoms with van der Waals surface area (Å²) in [5.41, 5.74) is 2.36. The van der Waals surface area contributed by atoms with Gasteiger partial charge in [0.1, 0.15) is 17.3 Å². The van der Waals surface area contributed by atoms with Gasteiger partial charge in [-0.15, -0.1) is 0 Å². The van der Waals surface area contributed by atoms with Crippen molar-refractivity contribution >= 4 is 34.7 Å². The average molecular weight is 451 g/mol. The van der Waals surface area contributed by atoms with Gasteiger partial charge in [0.25, 0.3) is 11.8 Å². The van der Waals surface area contributed by atoms with Crippen molar-refractivity contribution in [3.8, 4) is 5.75 Å². The van der Waals surface area contributed by atoms with E-state index in [4.69, 9.17) is 16.3 Å². The van der Waals surface area contributed by atoms with E-state index in [2.05, 4.69) is 5.32 Å². The Balaban J connectivity index is 1.65. The highest BCUT2D eigenvalue weighted by Crippen LogP contribution is 2.31. The molecular weight excluding hydrogens is 431 g/mol. The van der Waals surface area contributed by atoms with Gasteiger partial charge in [0, 0.05) is 23.3 Å². The molecule has 1 aliphatic rings. The predicted molar refractivity (Wildman–Crippen MR) is 122 cm³/mol. The lowest BCUT2D eigenvalue weighted by atomic mass is 10.0. The van der Waals surface area contributed by atoms with Gasteiger partial charge in [-0.25, -0.2) is 4.39 Å². The van der Waals surface area contributed by atoms with E-state index in [1.165, 1.54) is 29.2 Å². The molecule has 1 aliphatic heterocycles. The van der Waals surface area contributed by atoms with Gasteiger partial charge in [-0.3, -0.25) is 14.5 Å². The molecule has 0 unspecified atom stereocenters. The maximum absolute atomic E-state index is 13.5. The second kappa shape index (κ2) is 9.24. The number of benzene rings is 3. The first-order valence-corrected chi connectivity index (χ1v) is 10.4. The minimum atomic E-state index is -0.439. The molecule has 1 heterocycles. The van der Waals surface area contributed by atoms with Crippen molar-refractivity contribution in [2.24, 2.45) is 0 Å². The zero-order valence-electron chi connectivity index (χ0n) is 17.3. The molecule has 1 N–H and O–H groups in total. The van der Waals surface area contributed by atoms with Gasteiger partial charge in [-0.2, -0.15) is 0 Å². The number of anilines is 1. The number of nitrogens with zero attached hydrogens (tertiary/aromatic N) is 1. The van der Waals surface area contributed by atoms with E-state index in [-0.39, 0.29) is 17.8 Å². The third kappa shape index (κ3) is 4.50. The zero-order valence-corrected chi connectivity index (χ0v) is 18.0. The number of rotatable bonds is 7. The van der Waals surface area contributed by atoms with Crippen molar-refractivity contribution in [3.63, 3.8) is 0 Å². The van der Waals surface area contributed by atoms with Gasteiger partial charge in [0.05, 0.1) is 12.7 Å². The van der Waals surface area contributed by atoms with Crippen molar-refractivity contribution in [1.82, 2.24) is 4.90 Å². The lowest BCUT2D eigenvalue weighted by molar-refractivity contribution is -0.136. The fraction of sp³-hybridized carbons (Fsp3) is 0.120. The SMILES string of the molecule is COc1cccc(NC2=C(c3ccc(F)cc3)C(=O)N(CCc3ccc(Cl)cc3)C2=O)c1. The quantitative estimate of drug-likeness (QED) is 0.519. The normalized spacial score (nSPS) is 13.7. The lowest BCUT2D eigenvalue weighted by Crippen LogP contribution is -2.34. The van der Waals surface area contributed by atoms with E-state index in [0.717, 1.165) is 5.56 Å². The van der Waals surface area contributed by atoms with Crippen LogP contribution >= 0.6 is 11.6 Å². The van der Waals surface area contributed by atoms with Gasteiger partial charge >= 0.3 is 0 Å². The number of ether oxygens (including phenoxy) is 1. The van der Waals surface area contributed by atoms with Gasteiger partial charge in [0.15, 0.2) is 0 Å². The standard InChI is InChI=1S/C25H20ClFN2O3/c1-32-21-4-2-3-20(15-21)28-23-22(17-7-11-19(27)12-8-17)24(30)29(25(23)31)14-13-16-5-9-18(26)10-6-16/h2-12,15,28H,13-14H2,1H3. The molecule has 3 aromatic rings. The molecule has 0 atom stereocenters. The molecule has 0 aliphatic carbocycles. The van der Waals surface area contributed by atoms with Crippen LogP contribution in [0.5, 0.6) is 5.75 Å². The molecule has 0 saturated carbocycles. The fourth-order valence-corrected chi connectivity index (χ4v) is 3.64. The first-order valence-electron chi connectivity index (χ1n) is 9.98. The zero-order chi connectivity index (χ0) is 22.7. The molecule has 0 bridgehead atoms. The summed E-state index contributed by atoms with van der Waals surface area (Å²) in [5, 5.41) is 3.69. The summed E-state index contributed by atoms with van der Waals surface area (Å²) in [5.74, 6) is -0.685. The van der Waals surface area contributed by atoms with Crippen LogP contribution in [0.25, 0.3) is 5.57 Å². The van der Waals surface area contributed by atoms with Crippen LogP contribution in [-0.2, 0) is 16.0 Å². The molecule has 2 amide bonds. The smallest absolute Gasteiger partial charge is 0.278 e. The number of imide groups is 1. The third-order valence-electron chi connectivity index (χ3n) is 5.18. The number of nitrogens with one attached hydrogen (secondary N) is 1. The van der Waals surface area contributed by atoms with E-state index in [9.17, 15) is 14.0 Å². The Morgan fingerprint density at radius 1 is 0.969 bits per heavy atom. The summed E-state index contributed by atoms with van der Waals surface area (Å²) in [7, 11) is 1.55. The molecular formula is C25H20ClFN2O3. The lowest BCUT2D eigenvalue weighted by Gasteiger charge is -2.15. The van der Waals surface area contributed by atoms with Gasteiger partial charge < -0.3 is 10.1 Å². The second-order valence-electron chi connectivity index (χ2n) is 7.25. The Bertz CT molecular complexity index is 1190. The van der Waals surface area contributed by atoms with Crippen molar-refractivity contribution < 1.29 is 18.7 Å². The molecule has 0 fully saturated rings. The summed E-state index contributed by atoms with van der Waals surface area (Å²) in [6.45, 7) is 0.202. The molecule has 7 heteroatoms. The minimum absolute atomic E-state index is 0.144. The molecule has 5 nitrogen and oxygen atoms in total. The highest BCUT2D eigenvalue weighted by atomic mass is 35.5. The minimum Gasteiger partial charge on any atom is -0.497 e. The number of hydrogen-bond acceptors (Lipinski definition) is 4. The number of hydrogen-bond donors (Lipinski definition) is 1. The van der Waals surface area contributed by atoms with E-state index >= 15 is 0 Å². The molecule has 0 saturated heterocycles. The Morgan fingerprint density at radius 3 is 2.38 bits per heavy atom. The number of methoxy groups -OCH3 is 1. The van der Waals surface area contributed by atoms with Crippen molar-refractivity contribution in [1.29, 1.82) is 0 Å². The summed E-state index contributed by atoms with van der Waals surface area (Å²) in [6.07, 6.45) is 0.484. The van der Waals surface area contributed by atoms with Crippen molar-refractivity contribution in [2.45, 2.75) is 6.42 Å². The van der Waals surface area contributed by atoms with Crippen LogP contribution in [0.3, 0.4) is 0 Å². The highest BCUT2D eigenvalue weighted by molar-refractivity contribution is 6.36. The molecule has 0 radical (unpaired) electrons. The Morgan fingerprint density at radius 2 is 1.69 bits per heavy atom. The van der Waals surface area contributed by atoms with Crippen LogP contribution in [0.4, 0.5) is 10.1 Å². The van der Waals surface area contributed by atoms with Gasteiger partial charge in [-0.05, 0) is 53.9 Å². The van der Waals surface area contributed by atoms with E-state index < -0.39 is 17.6 Å². The maximum Gasteiger partial charge on any atom is 0.278 e. The first kappa shape index (κ1) is 21.6. The highest BCUT2D eigenvalue weighted by Gasteiger charge is 2.39. The number of amides is 2. The average Bonchev–Trinajstić information content (AvgIpc) is 3.03. The van der Waals surface area contributed by atoms with Crippen LogP contribution in [0.2, 0.25) is 5.02 Å². The monoisotopic (exact) mass is 450 g/mol. The Kier molecular flexibility index (Phi) is 6.23. The molecule has 0 spiro atoms. The maximum atomic E-state index is 13.5. The fourth-order valence-electron chi connectivity index (χ4n) is 3.52. The van der Waals surface area contributed by atoms with E-state index in [1.807, 2.05) is 12.1 Å². The molecule has 32 heavy (non-hydrogen) atoms. The number of carbonyl (C=O) groups is 2. The Hall–Kier alpha value is -3.64. The first-order chi connectivity index (χ1) is 15.5. The summed E-state index contributed by atoms with van der Waals surface area (Å²) in [6, 6.07) is 19.8. The second-order valence-corrected chi connectivity index (χ2v) is 7.69. The number of carbonyl (C=O) groups excluding carboxylic acids is 2. The summed E-state index contributed by atoms with van der Waals surface area (Å²) < 4.78 is 18.7. The van der Waals surface area contributed by atoms with Gasteiger partial charge in [-0.1, -0.05) is 41.9 Å². The summed E-state index contributed by atoms with van der Waals surface area (Å²) in [4.78, 5) is 27.7. The van der Waals surface area contributed by atoms with Gasteiger partial charge in [0.2, 0.25) is 0 Å². The van der Waals surface area contributed by atoms with Crippen LogP contribution < -0.4 is 10.1 Å². The molecule has 4 rings (SSSR count). The molecule has 0 aromatic heterocycles. The summed E-state index contributed by atoms with van der Waals surface area (Å²) >= 11 is 5.93. The predicted octanol–water partition coefficient (Wildman–Crippen LogP) is 4.92. The third-order valence-corrected chi connectivity index (χ3v) is 5.43. The number of halogens is 2. The van der Waals surface area contributed by atoms with Crippen molar-refractivity contribution in [3.05, 3.63) is 100 Å². The topological polar surface area (TPSA) is 58.6 Å². The molecule has 162 valence electrons.